The van der Waals surface area contributed by atoms with Crippen molar-refractivity contribution in [2.75, 3.05) is 5.32 Å². The highest BCUT2D eigenvalue weighted by Crippen LogP contribution is 2.31. The molecular formula is C13H13N5O4S2. The third-order valence-corrected chi connectivity index (χ3v) is 5.12. The summed E-state index contributed by atoms with van der Waals surface area (Å²) >= 11 is 1.28. The van der Waals surface area contributed by atoms with E-state index in [1.54, 1.807) is 30.6 Å². The maximum absolute atomic E-state index is 11.4. The number of benzene rings is 1. The van der Waals surface area contributed by atoms with Crippen molar-refractivity contribution in [3.63, 3.8) is 0 Å². The first-order chi connectivity index (χ1) is 11.3. The van der Waals surface area contributed by atoms with Crippen LogP contribution >= 0.6 is 11.3 Å². The first kappa shape index (κ1) is 16.4. The highest BCUT2D eigenvalue weighted by atomic mass is 32.2. The number of aromatic nitrogens is 2. The normalized spacial score (nSPS) is 13.1. The summed E-state index contributed by atoms with van der Waals surface area (Å²) in [5.74, 6) is -0.0407. The number of anilines is 1. The summed E-state index contributed by atoms with van der Waals surface area (Å²) in [5, 5.41) is 21.1. The number of nitrogens with zero attached hydrogens (tertiary/aromatic N) is 3. The third kappa shape index (κ3) is 2.96. The van der Waals surface area contributed by atoms with E-state index in [4.69, 9.17) is 5.14 Å². The van der Waals surface area contributed by atoms with Crippen LogP contribution < -0.4 is 10.5 Å². The molecule has 0 aliphatic heterocycles. The van der Waals surface area contributed by atoms with Crippen LogP contribution in [0.1, 0.15) is 18.5 Å². The molecule has 0 saturated heterocycles. The number of thiazole rings is 1. The van der Waals surface area contributed by atoms with E-state index in [0.717, 1.165) is 0 Å². The molecule has 0 spiro atoms. The third-order valence-electron chi connectivity index (χ3n) is 3.45. The van der Waals surface area contributed by atoms with Gasteiger partial charge in [-0.05, 0) is 29.5 Å². The van der Waals surface area contributed by atoms with Gasteiger partial charge in [0.25, 0.3) is 4.96 Å². The van der Waals surface area contributed by atoms with E-state index < -0.39 is 21.0 Å². The molecule has 1 aromatic carbocycles. The molecule has 24 heavy (non-hydrogen) atoms. The summed E-state index contributed by atoms with van der Waals surface area (Å²) in [6.45, 7) is 1.75. The van der Waals surface area contributed by atoms with Gasteiger partial charge in [0.05, 0.1) is 10.9 Å². The number of hydrogen-bond donors (Lipinski definition) is 2. The van der Waals surface area contributed by atoms with Crippen LogP contribution in [0.25, 0.3) is 4.96 Å². The fourth-order valence-corrected chi connectivity index (χ4v) is 3.57. The molecule has 0 radical (unpaired) electrons. The van der Waals surface area contributed by atoms with Crippen molar-refractivity contribution in [1.82, 2.24) is 9.38 Å². The van der Waals surface area contributed by atoms with E-state index >= 15 is 0 Å². The lowest BCUT2D eigenvalue weighted by Crippen LogP contribution is -2.14. The van der Waals surface area contributed by atoms with E-state index in [1.165, 1.54) is 27.9 Å². The molecule has 0 saturated carbocycles. The molecule has 3 rings (SSSR count). The molecule has 0 aliphatic carbocycles. The molecule has 3 N–H and O–H groups in total. The fourth-order valence-electron chi connectivity index (χ4n) is 2.29. The lowest BCUT2D eigenvalue weighted by Gasteiger charge is -2.14. The molecule has 1 unspecified atom stereocenters. The fraction of sp³-hybridized carbons (Fsp3) is 0.154. The van der Waals surface area contributed by atoms with Gasteiger partial charge >= 0.3 is 5.82 Å². The second-order valence-corrected chi connectivity index (χ2v) is 7.51. The van der Waals surface area contributed by atoms with Crippen molar-refractivity contribution in [3.05, 3.63) is 51.5 Å². The maximum Gasteiger partial charge on any atom is 0.372 e. The quantitative estimate of drug-likeness (QED) is 0.524. The first-order valence-corrected chi connectivity index (χ1v) is 9.19. The van der Waals surface area contributed by atoms with Crippen LogP contribution in [-0.4, -0.2) is 22.7 Å². The first-order valence-electron chi connectivity index (χ1n) is 6.76. The number of rotatable bonds is 5. The lowest BCUT2D eigenvalue weighted by molar-refractivity contribution is -0.389. The minimum absolute atomic E-state index is 0.0195. The Morgan fingerprint density at radius 2 is 2.21 bits per heavy atom. The number of nitrogens with two attached hydrogens (primary N) is 1. The second kappa shape index (κ2) is 5.85. The monoisotopic (exact) mass is 367 g/mol. The summed E-state index contributed by atoms with van der Waals surface area (Å²) in [4.78, 5) is 15.5. The Kier molecular flexibility index (Phi) is 3.99. The van der Waals surface area contributed by atoms with Crippen molar-refractivity contribution in [1.29, 1.82) is 0 Å². The van der Waals surface area contributed by atoms with Gasteiger partial charge in [-0.2, -0.15) is 9.38 Å². The highest BCUT2D eigenvalue weighted by molar-refractivity contribution is 7.89. The van der Waals surface area contributed by atoms with Crippen molar-refractivity contribution in [2.24, 2.45) is 5.14 Å². The molecule has 126 valence electrons. The van der Waals surface area contributed by atoms with Crippen LogP contribution in [0.15, 0.2) is 40.7 Å². The molecule has 0 amide bonds. The Morgan fingerprint density at radius 3 is 2.88 bits per heavy atom. The molecule has 2 heterocycles. The van der Waals surface area contributed by atoms with Gasteiger partial charge in [-0.25, -0.2) is 13.6 Å². The molecule has 3 aromatic rings. The molecule has 0 aliphatic rings. The van der Waals surface area contributed by atoms with E-state index in [1.807, 2.05) is 0 Å². The maximum atomic E-state index is 11.4. The summed E-state index contributed by atoms with van der Waals surface area (Å²) in [6.07, 6.45) is 1.57. The van der Waals surface area contributed by atoms with Crippen molar-refractivity contribution >= 4 is 38.0 Å². The zero-order valence-corrected chi connectivity index (χ0v) is 14.0. The molecule has 0 bridgehead atoms. The zero-order chi connectivity index (χ0) is 17.5. The minimum atomic E-state index is -3.82. The molecule has 2 aromatic heterocycles. The number of fused-ring (bicyclic) bond motifs is 1. The van der Waals surface area contributed by atoms with Gasteiger partial charge in [0.2, 0.25) is 15.8 Å². The summed E-state index contributed by atoms with van der Waals surface area (Å²) < 4.78 is 24.3. The summed E-state index contributed by atoms with van der Waals surface area (Å²) in [7, 11) is -3.82. The Hall–Kier alpha value is -2.50. The van der Waals surface area contributed by atoms with Gasteiger partial charge in [-0.1, -0.05) is 23.5 Å². The van der Waals surface area contributed by atoms with E-state index in [-0.39, 0.29) is 16.5 Å². The number of imidazole rings is 1. The predicted octanol–water partition coefficient (Wildman–Crippen LogP) is 2.12. The Bertz CT molecular complexity index is 1020. The van der Waals surface area contributed by atoms with Crippen molar-refractivity contribution < 1.29 is 13.3 Å². The van der Waals surface area contributed by atoms with Crippen LogP contribution in [-0.2, 0) is 10.0 Å². The molecule has 9 nitrogen and oxygen atoms in total. The van der Waals surface area contributed by atoms with E-state index in [0.29, 0.717) is 10.5 Å². The number of hydrogen-bond acceptors (Lipinski definition) is 7. The second-order valence-electron chi connectivity index (χ2n) is 5.08. The van der Waals surface area contributed by atoms with E-state index in [2.05, 4.69) is 10.3 Å². The van der Waals surface area contributed by atoms with E-state index in [9.17, 15) is 18.5 Å². The highest BCUT2D eigenvalue weighted by Gasteiger charge is 2.25. The number of sulfonamides is 1. The standard InChI is InChI=1S/C13H13N5O4S2/c1-8(9-3-2-4-10(7-9)24(14,21)22)15-11-12(18(19)20)17-5-6-23-13(17)16-11/h2-8,15H,1H3,(H2,14,21,22). The van der Waals surface area contributed by atoms with Crippen LogP contribution in [0.4, 0.5) is 11.6 Å². The molecule has 0 fully saturated rings. The molecule has 11 heteroatoms. The SMILES string of the molecule is CC(Nc1nc2sccn2c1[N+](=O)[O-])c1cccc(S(N)(=O)=O)c1. The Labute approximate surface area is 141 Å². The molecular weight excluding hydrogens is 354 g/mol. The van der Waals surface area contributed by atoms with Gasteiger partial charge in [0.15, 0.2) is 0 Å². The number of nitro groups is 1. The topological polar surface area (TPSA) is 133 Å². The summed E-state index contributed by atoms with van der Waals surface area (Å²) in [6, 6.07) is 5.68. The van der Waals surface area contributed by atoms with Crippen LogP contribution in [0.2, 0.25) is 0 Å². The van der Waals surface area contributed by atoms with Gasteiger partial charge < -0.3 is 15.4 Å². The Morgan fingerprint density at radius 1 is 1.46 bits per heavy atom. The van der Waals surface area contributed by atoms with Gasteiger partial charge in [-0.3, -0.25) is 0 Å². The smallest absolute Gasteiger partial charge is 0.358 e. The Balaban J connectivity index is 1.96. The number of nitrogens with one attached hydrogen (secondary N) is 1. The van der Waals surface area contributed by atoms with Crippen LogP contribution in [0.5, 0.6) is 0 Å². The number of primary sulfonamides is 1. The predicted molar refractivity (Wildman–Crippen MR) is 89.6 cm³/mol. The average molecular weight is 367 g/mol. The van der Waals surface area contributed by atoms with Crippen LogP contribution in [0, 0.1) is 10.1 Å². The van der Waals surface area contributed by atoms with Crippen molar-refractivity contribution in [3.8, 4) is 0 Å². The van der Waals surface area contributed by atoms with Gasteiger partial charge in [0, 0.05) is 5.38 Å². The minimum Gasteiger partial charge on any atom is -0.358 e. The summed E-state index contributed by atoms with van der Waals surface area (Å²) in [5.41, 5.74) is 0.618. The van der Waals surface area contributed by atoms with Gasteiger partial charge in [0.1, 0.15) is 6.20 Å². The largest absolute Gasteiger partial charge is 0.372 e. The lowest BCUT2D eigenvalue weighted by atomic mass is 10.1. The zero-order valence-electron chi connectivity index (χ0n) is 12.4. The van der Waals surface area contributed by atoms with Crippen molar-refractivity contribution in [2.45, 2.75) is 17.9 Å². The molecule has 1 atom stereocenters. The average Bonchev–Trinajstić information content (AvgIpc) is 3.06. The van der Waals surface area contributed by atoms with Crippen LogP contribution in [0.3, 0.4) is 0 Å². The van der Waals surface area contributed by atoms with Gasteiger partial charge in [-0.15, -0.1) is 0 Å².